The molecule has 0 saturated carbocycles. The van der Waals surface area contributed by atoms with Gasteiger partial charge in [0.1, 0.15) is 5.52 Å². The van der Waals surface area contributed by atoms with E-state index in [0.717, 1.165) is 11.2 Å². The predicted molar refractivity (Wildman–Crippen MR) is 72.8 cm³/mol. The van der Waals surface area contributed by atoms with Crippen molar-refractivity contribution >= 4 is 22.7 Å². The van der Waals surface area contributed by atoms with Gasteiger partial charge in [-0.15, -0.1) is 0 Å². The van der Waals surface area contributed by atoms with Crippen molar-refractivity contribution in [3.63, 3.8) is 0 Å². The van der Waals surface area contributed by atoms with Crippen LogP contribution in [0, 0.1) is 11.8 Å². The molecule has 102 valence electrons. The molecule has 1 atom stereocenters. The molecule has 0 saturated heterocycles. The van der Waals surface area contributed by atoms with Crippen molar-refractivity contribution in [2.75, 3.05) is 18.6 Å². The van der Waals surface area contributed by atoms with Crippen molar-refractivity contribution in [2.45, 2.75) is 13.8 Å². The number of amides is 1. The Hall–Kier alpha value is -1.88. The van der Waals surface area contributed by atoms with E-state index < -0.39 is 5.92 Å². The highest BCUT2D eigenvalue weighted by atomic mass is 16.3. The Kier molecular flexibility index (Phi) is 3.85. The third-order valence-electron chi connectivity index (χ3n) is 3.35. The zero-order chi connectivity index (χ0) is 14.0. The number of nitrogens with zero attached hydrogens (tertiary/aromatic N) is 2. The smallest absolute Gasteiger partial charge is 0.232 e. The first kappa shape index (κ1) is 13.5. The van der Waals surface area contributed by atoms with Crippen LogP contribution in [0.3, 0.4) is 0 Å². The largest absolute Gasteiger partial charge is 0.443 e. The average molecular weight is 262 g/mol. The van der Waals surface area contributed by atoms with Crippen LogP contribution in [0.1, 0.15) is 13.8 Å². The summed E-state index contributed by atoms with van der Waals surface area (Å²) in [6, 6.07) is 5.40. The molecule has 5 nitrogen and oxygen atoms in total. The van der Waals surface area contributed by atoms with Gasteiger partial charge in [0.15, 0.2) is 12.0 Å². The normalized spacial score (nSPS) is 12.9. The van der Waals surface area contributed by atoms with Gasteiger partial charge in [-0.3, -0.25) is 4.79 Å². The summed E-state index contributed by atoms with van der Waals surface area (Å²) in [4.78, 5) is 17.9. The Labute approximate surface area is 111 Å². The minimum Gasteiger partial charge on any atom is -0.443 e. The fourth-order valence-electron chi connectivity index (χ4n) is 2.00. The van der Waals surface area contributed by atoms with Crippen LogP contribution < -0.4 is 4.90 Å². The van der Waals surface area contributed by atoms with Gasteiger partial charge in [-0.1, -0.05) is 13.8 Å². The average Bonchev–Trinajstić information content (AvgIpc) is 2.85. The van der Waals surface area contributed by atoms with Gasteiger partial charge in [0.2, 0.25) is 5.91 Å². The first-order valence-corrected chi connectivity index (χ1v) is 6.26. The third-order valence-corrected chi connectivity index (χ3v) is 3.35. The Balaban J connectivity index is 2.27. The summed E-state index contributed by atoms with van der Waals surface area (Å²) in [7, 11) is 1.70. The van der Waals surface area contributed by atoms with Gasteiger partial charge in [0, 0.05) is 18.8 Å². The van der Waals surface area contributed by atoms with E-state index in [4.69, 9.17) is 4.42 Å². The number of carbonyl (C=O) groups excluding carboxylic acids is 1. The number of aliphatic hydroxyl groups is 1. The standard InChI is InChI=1S/C14H18N2O3/c1-9(2)11(7-17)14(18)16(3)10-4-5-12-13(6-10)19-8-15-12/h4-6,8-9,11,17H,7H2,1-3H3. The summed E-state index contributed by atoms with van der Waals surface area (Å²) in [5, 5.41) is 9.33. The van der Waals surface area contributed by atoms with E-state index >= 15 is 0 Å². The van der Waals surface area contributed by atoms with E-state index in [1.165, 1.54) is 6.39 Å². The molecule has 1 heterocycles. The zero-order valence-electron chi connectivity index (χ0n) is 11.3. The number of aromatic nitrogens is 1. The number of fused-ring (bicyclic) bond motifs is 1. The molecule has 0 aliphatic carbocycles. The lowest BCUT2D eigenvalue weighted by molar-refractivity contribution is -0.124. The maximum absolute atomic E-state index is 12.3. The number of aliphatic hydroxyl groups excluding tert-OH is 1. The van der Waals surface area contributed by atoms with Crippen LogP contribution in [-0.2, 0) is 4.79 Å². The highest BCUT2D eigenvalue weighted by Gasteiger charge is 2.25. The molecule has 0 fully saturated rings. The number of rotatable bonds is 4. The summed E-state index contributed by atoms with van der Waals surface area (Å²) >= 11 is 0. The lowest BCUT2D eigenvalue weighted by Crippen LogP contribution is -2.37. The van der Waals surface area contributed by atoms with Crippen LogP contribution in [0.25, 0.3) is 11.1 Å². The second-order valence-electron chi connectivity index (χ2n) is 4.93. The summed E-state index contributed by atoms with van der Waals surface area (Å²) in [6.45, 7) is 3.70. The Morgan fingerprint density at radius 1 is 1.47 bits per heavy atom. The minimum absolute atomic E-state index is 0.0916. The molecule has 19 heavy (non-hydrogen) atoms. The van der Waals surface area contributed by atoms with Crippen LogP contribution in [-0.4, -0.2) is 29.7 Å². The quantitative estimate of drug-likeness (QED) is 0.915. The van der Waals surface area contributed by atoms with Gasteiger partial charge in [-0.25, -0.2) is 4.98 Å². The highest BCUT2D eigenvalue weighted by molar-refractivity contribution is 5.96. The molecule has 1 N–H and O–H groups in total. The van der Waals surface area contributed by atoms with Crippen LogP contribution >= 0.6 is 0 Å². The first-order chi connectivity index (χ1) is 9.04. The molecule has 5 heteroatoms. The van der Waals surface area contributed by atoms with E-state index in [9.17, 15) is 9.90 Å². The predicted octanol–water partition coefficient (Wildman–Crippen LogP) is 2.06. The molecular formula is C14H18N2O3. The lowest BCUT2D eigenvalue weighted by atomic mass is 9.95. The second kappa shape index (κ2) is 5.40. The molecule has 2 aromatic rings. The van der Waals surface area contributed by atoms with E-state index in [-0.39, 0.29) is 18.4 Å². The summed E-state index contributed by atoms with van der Waals surface area (Å²) < 4.78 is 5.22. The maximum atomic E-state index is 12.3. The van der Waals surface area contributed by atoms with Gasteiger partial charge in [0.25, 0.3) is 0 Å². The van der Waals surface area contributed by atoms with Crippen LogP contribution in [0.15, 0.2) is 29.0 Å². The molecule has 2 rings (SSSR count). The van der Waals surface area contributed by atoms with Crippen molar-refractivity contribution in [3.8, 4) is 0 Å². The number of carbonyl (C=O) groups is 1. The van der Waals surface area contributed by atoms with E-state index in [2.05, 4.69) is 4.98 Å². The van der Waals surface area contributed by atoms with Gasteiger partial charge >= 0.3 is 0 Å². The SMILES string of the molecule is CC(C)C(CO)C(=O)N(C)c1ccc2ncoc2c1. The number of anilines is 1. The van der Waals surface area contributed by atoms with Crippen molar-refractivity contribution in [3.05, 3.63) is 24.6 Å². The molecule has 0 spiro atoms. The molecule has 1 aromatic heterocycles. The summed E-state index contributed by atoms with van der Waals surface area (Å²) in [5.41, 5.74) is 2.13. The third kappa shape index (κ3) is 2.61. The van der Waals surface area contributed by atoms with E-state index in [1.54, 1.807) is 24.1 Å². The van der Waals surface area contributed by atoms with Crippen LogP contribution in [0.2, 0.25) is 0 Å². The van der Waals surface area contributed by atoms with Crippen molar-refractivity contribution < 1.29 is 14.3 Å². The van der Waals surface area contributed by atoms with Crippen molar-refractivity contribution in [1.82, 2.24) is 4.98 Å². The zero-order valence-corrected chi connectivity index (χ0v) is 11.3. The van der Waals surface area contributed by atoms with Crippen LogP contribution in [0.4, 0.5) is 5.69 Å². The topological polar surface area (TPSA) is 66.6 Å². The monoisotopic (exact) mass is 262 g/mol. The number of hydrogen-bond donors (Lipinski definition) is 1. The minimum atomic E-state index is -0.393. The van der Waals surface area contributed by atoms with E-state index in [1.807, 2.05) is 19.9 Å². The molecular weight excluding hydrogens is 244 g/mol. The summed E-state index contributed by atoms with van der Waals surface area (Å²) in [5.74, 6) is -0.402. The molecule has 0 radical (unpaired) electrons. The second-order valence-corrected chi connectivity index (χ2v) is 4.93. The molecule has 0 bridgehead atoms. The van der Waals surface area contributed by atoms with Crippen molar-refractivity contribution in [1.29, 1.82) is 0 Å². The van der Waals surface area contributed by atoms with Crippen molar-refractivity contribution in [2.24, 2.45) is 11.8 Å². The Morgan fingerprint density at radius 3 is 2.84 bits per heavy atom. The fourth-order valence-corrected chi connectivity index (χ4v) is 2.00. The lowest BCUT2D eigenvalue weighted by Gasteiger charge is -2.24. The van der Waals surface area contributed by atoms with Gasteiger partial charge < -0.3 is 14.4 Å². The van der Waals surface area contributed by atoms with E-state index in [0.29, 0.717) is 5.58 Å². The molecule has 1 unspecified atom stereocenters. The maximum Gasteiger partial charge on any atom is 0.232 e. The Bertz CT molecular complexity index is 577. The fraction of sp³-hybridized carbons (Fsp3) is 0.429. The molecule has 0 aliphatic heterocycles. The number of oxazole rings is 1. The Morgan fingerprint density at radius 2 is 2.21 bits per heavy atom. The van der Waals surface area contributed by atoms with Crippen LogP contribution in [0.5, 0.6) is 0 Å². The number of hydrogen-bond acceptors (Lipinski definition) is 4. The van der Waals surface area contributed by atoms with Gasteiger partial charge in [0.05, 0.1) is 12.5 Å². The van der Waals surface area contributed by atoms with Gasteiger partial charge in [-0.05, 0) is 18.1 Å². The highest BCUT2D eigenvalue weighted by Crippen LogP contribution is 2.23. The van der Waals surface area contributed by atoms with Gasteiger partial charge in [-0.2, -0.15) is 0 Å². The molecule has 1 amide bonds. The molecule has 0 aliphatic rings. The number of benzene rings is 1. The summed E-state index contributed by atoms with van der Waals surface area (Å²) in [6.07, 6.45) is 1.38. The molecule has 1 aromatic carbocycles. The first-order valence-electron chi connectivity index (χ1n) is 6.26.